The van der Waals surface area contributed by atoms with Gasteiger partial charge in [0.25, 0.3) is 0 Å². The molecule has 0 aliphatic carbocycles. The van der Waals surface area contributed by atoms with Crippen LogP contribution in [0, 0.1) is 5.92 Å². The van der Waals surface area contributed by atoms with Crippen LogP contribution in [0.3, 0.4) is 0 Å². The molecule has 116 valence electrons. The highest BCUT2D eigenvalue weighted by atomic mass is 32.1. The lowest BCUT2D eigenvalue weighted by Gasteiger charge is -2.35. The predicted octanol–water partition coefficient (Wildman–Crippen LogP) is 3.00. The van der Waals surface area contributed by atoms with Crippen LogP contribution >= 0.6 is 11.3 Å². The molecular formula is C16H26N4S. The molecule has 1 fully saturated rings. The highest BCUT2D eigenvalue weighted by Gasteiger charge is 2.23. The fourth-order valence-corrected chi connectivity index (χ4v) is 3.82. The lowest BCUT2D eigenvalue weighted by molar-refractivity contribution is 0.135. The summed E-state index contributed by atoms with van der Waals surface area (Å²) in [4.78, 5) is 8.45. The van der Waals surface area contributed by atoms with E-state index in [1.807, 2.05) is 0 Å². The van der Waals surface area contributed by atoms with Crippen molar-refractivity contribution in [3.63, 3.8) is 0 Å². The number of hydrogen-bond acceptors (Lipinski definition) is 4. The van der Waals surface area contributed by atoms with Crippen LogP contribution in [0.4, 0.5) is 0 Å². The molecule has 21 heavy (non-hydrogen) atoms. The molecule has 0 radical (unpaired) electrons. The minimum Gasteiger partial charge on any atom is -0.315 e. The third-order valence-electron chi connectivity index (χ3n) is 4.19. The number of nitrogens with zero attached hydrogens (tertiary/aromatic N) is 3. The van der Waals surface area contributed by atoms with Crippen molar-refractivity contribution >= 4 is 16.3 Å². The van der Waals surface area contributed by atoms with Gasteiger partial charge in [-0.3, -0.25) is 9.30 Å². The molecule has 0 bridgehead atoms. The van der Waals surface area contributed by atoms with Gasteiger partial charge >= 0.3 is 0 Å². The molecule has 1 saturated heterocycles. The fraction of sp³-hybridized carbons (Fsp3) is 0.688. The molecule has 3 heterocycles. The molecule has 3 rings (SSSR count). The van der Waals surface area contributed by atoms with E-state index in [1.54, 1.807) is 11.3 Å². The molecule has 1 N–H and O–H groups in total. The second-order valence-corrected chi connectivity index (χ2v) is 7.37. The van der Waals surface area contributed by atoms with E-state index in [1.165, 1.54) is 31.5 Å². The summed E-state index contributed by atoms with van der Waals surface area (Å²) in [6.45, 7) is 8.96. The first-order chi connectivity index (χ1) is 10.2. The lowest BCUT2D eigenvalue weighted by Crippen LogP contribution is -2.45. The second-order valence-electron chi connectivity index (χ2n) is 6.50. The predicted molar refractivity (Wildman–Crippen MR) is 88.8 cm³/mol. The van der Waals surface area contributed by atoms with Gasteiger partial charge in [0.05, 0.1) is 5.69 Å². The zero-order chi connectivity index (χ0) is 14.7. The molecule has 1 aliphatic rings. The van der Waals surface area contributed by atoms with Gasteiger partial charge in [-0.1, -0.05) is 20.3 Å². The van der Waals surface area contributed by atoms with Crippen LogP contribution in [-0.4, -0.2) is 40.0 Å². The molecule has 1 aliphatic heterocycles. The first kappa shape index (κ1) is 15.0. The lowest BCUT2D eigenvalue weighted by atomic mass is 10.0. The van der Waals surface area contributed by atoms with Crippen molar-refractivity contribution in [3.05, 3.63) is 23.5 Å². The first-order valence-electron chi connectivity index (χ1n) is 8.08. The topological polar surface area (TPSA) is 32.6 Å². The summed E-state index contributed by atoms with van der Waals surface area (Å²) in [5, 5.41) is 5.72. The Morgan fingerprint density at radius 1 is 1.43 bits per heavy atom. The Kier molecular flexibility index (Phi) is 4.93. The van der Waals surface area contributed by atoms with Crippen molar-refractivity contribution in [1.29, 1.82) is 0 Å². The molecule has 1 unspecified atom stereocenters. The minimum absolute atomic E-state index is 0.664. The van der Waals surface area contributed by atoms with Crippen LogP contribution in [0.1, 0.15) is 38.8 Å². The maximum absolute atomic E-state index is 4.73. The molecule has 1 atom stereocenters. The number of fused-ring (bicyclic) bond motifs is 1. The largest absolute Gasteiger partial charge is 0.315 e. The van der Waals surface area contributed by atoms with Gasteiger partial charge in [-0.15, -0.1) is 11.3 Å². The highest BCUT2D eigenvalue weighted by Crippen LogP contribution is 2.20. The Hall–Kier alpha value is -0.910. The van der Waals surface area contributed by atoms with Crippen LogP contribution in [0.5, 0.6) is 0 Å². The van der Waals surface area contributed by atoms with Crippen molar-refractivity contribution in [2.75, 3.05) is 19.6 Å². The highest BCUT2D eigenvalue weighted by molar-refractivity contribution is 7.15. The normalized spacial score (nSPS) is 20.6. The summed E-state index contributed by atoms with van der Waals surface area (Å²) < 4.78 is 2.13. The molecule has 0 saturated carbocycles. The minimum atomic E-state index is 0.664. The van der Waals surface area contributed by atoms with Gasteiger partial charge in [-0.05, 0) is 31.8 Å². The van der Waals surface area contributed by atoms with Crippen molar-refractivity contribution in [3.8, 4) is 0 Å². The van der Waals surface area contributed by atoms with E-state index in [-0.39, 0.29) is 0 Å². The molecular weight excluding hydrogens is 280 g/mol. The quantitative estimate of drug-likeness (QED) is 0.890. The zero-order valence-electron chi connectivity index (χ0n) is 13.1. The first-order valence-corrected chi connectivity index (χ1v) is 8.96. The molecule has 5 heteroatoms. The van der Waals surface area contributed by atoms with Gasteiger partial charge in [-0.2, -0.15) is 0 Å². The third kappa shape index (κ3) is 3.84. The monoisotopic (exact) mass is 306 g/mol. The number of thiazole rings is 1. The summed E-state index contributed by atoms with van der Waals surface area (Å²) in [5.41, 5.74) is 1.21. The Balaban J connectivity index is 1.59. The van der Waals surface area contributed by atoms with Crippen LogP contribution in [0.25, 0.3) is 4.96 Å². The number of aromatic nitrogens is 2. The van der Waals surface area contributed by atoms with E-state index in [9.17, 15) is 0 Å². The average molecular weight is 306 g/mol. The molecule has 4 nitrogen and oxygen atoms in total. The summed E-state index contributed by atoms with van der Waals surface area (Å²) in [6.07, 6.45) is 8.27. The fourth-order valence-electron chi connectivity index (χ4n) is 3.10. The molecule has 0 amide bonds. The molecule has 2 aromatic heterocycles. The van der Waals surface area contributed by atoms with E-state index in [0.717, 1.165) is 30.5 Å². The van der Waals surface area contributed by atoms with Gasteiger partial charge in [-0.25, -0.2) is 4.98 Å². The smallest absolute Gasteiger partial charge is 0.193 e. The summed E-state index contributed by atoms with van der Waals surface area (Å²) in [7, 11) is 0. The van der Waals surface area contributed by atoms with Crippen molar-refractivity contribution < 1.29 is 0 Å². The van der Waals surface area contributed by atoms with Crippen LogP contribution < -0.4 is 5.32 Å². The zero-order valence-corrected chi connectivity index (χ0v) is 13.9. The van der Waals surface area contributed by atoms with Gasteiger partial charge in [0, 0.05) is 36.9 Å². The van der Waals surface area contributed by atoms with Gasteiger partial charge in [0.2, 0.25) is 0 Å². The van der Waals surface area contributed by atoms with Crippen molar-refractivity contribution in [1.82, 2.24) is 19.6 Å². The number of rotatable bonds is 6. The maximum atomic E-state index is 4.73. The Morgan fingerprint density at radius 3 is 3.14 bits per heavy atom. The van der Waals surface area contributed by atoms with E-state index < -0.39 is 0 Å². The Labute approximate surface area is 131 Å². The summed E-state index contributed by atoms with van der Waals surface area (Å²) in [5.74, 6) is 0.724. The van der Waals surface area contributed by atoms with Crippen LogP contribution in [-0.2, 0) is 6.54 Å². The van der Waals surface area contributed by atoms with Gasteiger partial charge in [0.1, 0.15) is 0 Å². The van der Waals surface area contributed by atoms with Gasteiger partial charge in [0.15, 0.2) is 4.96 Å². The summed E-state index contributed by atoms with van der Waals surface area (Å²) in [6, 6.07) is 0.664. The van der Waals surface area contributed by atoms with Crippen LogP contribution in [0.15, 0.2) is 17.8 Å². The number of piperidine rings is 1. The van der Waals surface area contributed by atoms with E-state index in [2.05, 4.69) is 46.2 Å². The molecule has 0 aromatic carbocycles. The van der Waals surface area contributed by atoms with E-state index >= 15 is 0 Å². The molecule has 0 spiro atoms. The summed E-state index contributed by atoms with van der Waals surface area (Å²) >= 11 is 1.71. The average Bonchev–Trinajstić information content (AvgIpc) is 3.01. The van der Waals surface area contributed by atoms with E-state index in [4.69, 9.17) is 4.98 Å². The number of nitrogens with one attached hydrogen (secondary N) is 1. The standard InChI is InChI=1S/C16H26N4S/c1-13(2)9-17-10-15-5-3-4-6-19(15)11-14-12-20-7-8-21-16(20)18-14/h7-8,12-13,15,17H,3-6,9-11H2,1-2H3. The SMILES string of the molecule is CC(C)CNCC1CCCCN1Cc1cn2ccsc2n1. The maximum Gasteiger partial charge on any atom is 0.193 e. The van der Waals surface area contributed by atoms with Crippen molar-refractivity contribution in [2.45, 2.75) is 45.7 Å². The Morgan fingerprint density at radius 2 is 2.33 bits per heavy atom. The third-order valence-corrected chi connectivity index (χ3v) is 4.96. The Bertz CT molecular complexity index is 531. The molecule has 2 aromatic rings. The van der Waals surface area contributed by atoms with Crippen LogP contribution in [0.2, 0.25) is 0 Å². The number of hydrogen-bond donors (Lipinski definition) is 1. The second kappa shape index (κ2) is 6.90. The number of imidazole rings is 1. The van der Waals surface area contributed by atoms with E-state index in [0.29, 0.717) is 6.04 Å². The van der Waals surface area contributed by atoms with Gasteiger partial charge < -0.3 is 5.32 Å². The number of likely N-dealkylation sites (tertiary alicyclic amines) is 1. The van der Waals surface area contributed by atoms with Crippen molar-refractivity contribution in [2.24, 2.45) is 5.92 Å².